The molecule has 38 heavy (non-hydrogen) atoms. The van der Waals surface area contributed by atoms with Crippen LogP contribution in [0, 0.1) is 13.8 Å². The molecule has 9 heteroatoms. The molecule has 0 aromatic heterocycles. The zero-order valence-electron chi connectivity index (χ0n) is 22.9. The molecule has 4 rings (SSSR count). The van der Waals surface area contributed by atoms with Crippen LogP contribution in [-0.2, 0) is 26.1 Å². The second kappa shape index (κ2) is 13.0. The fourth-order valence-electron chi connectivity index (χ4n) is 5.65. The molecule has 0 saturated carbocycles. The normalized spacial score (nSPS) is 18.8. The Kier molecular flexibility index (Phi) is 9.68. The second-order valence-electron chi connectivity index (χ2n) is 10.3. The molecule has 0 spiro atoms. The third-order valence-corrected chi connectivity index (χ3v) is 9.78. The van der Waals surface area contributed by atoms with Crippen molar-refractivity contribution in [1.82, 2.24) is 9.62 Å². The smallest absolute Gasteiger partial charge is 0.246 e. The maximum absolute atomic E-state index is 13.7. The number of ether oxygens (including phenoxy) is 2. The van der Waals surface area contributed by atoms with E-state index in [0.29, 0.717) is 41.3 Å². The lowest BCUT2D eigenvalue weighted by Crippen LogP contribution is -2.46. The molecule has 0 radical (unpaired) electrons. The molecule has 0 bridgehead atoms. The Bertz CT molecular complexity index is 1190. The first-order valence-corrected chi connectivity index (χ1v) is 15.1. The monoisotopic (exact) mass is 543 g/mol. The first-order valence-electron chi connectivity index (χ1n) is 13.7. The van der Waals surface area contributed by atoms with Crippen LogP contribution in [0.25, 0.3) is 0 Å². The Labute approximate surface area is 227 Å². The van der Waals surface area contributed by atoms with Gasteiger partial charge in [-0.25, -0.2) is 8.42 Å². The van der Waals surface area contributed by atoms with Crippen molar-refractivity contribution in [3.8, 4) is 5.75 Å². The predicted octanol–water partition coefficient (Wildman–Crippen LogP) is 4.18. The largest absolute Gasteiger partial charge is 0.497 e. The molecule has 2 aromatic carbocycles. The number of methoxy groups -OCH3 is 1. The summed E-state index contributed by atoms with van der Waals surface area (Å²) in [5, 5.41) is 2.97. The maximum Gasteiger partial charge on any atom is 0.246 e. The standard InChI is InChI=1S/C29H41N3O5S/c1-22-17-26(36-3)18-23(2)29(22)38(34,35)32-16-10-7-12-25(32)20-37-21-28(33)30-19-24-11-5-6-13-27(24)31-14-8-4-9-15-31/h5-6,11,13,17-18,25H,4,7-10,12,14-16,19-21H2,1-3H3,(H,30,33). The highest BCUT2D eigenvalue weighted by atomic mass is 32.2. The lowest BCUT2D eigenvalue weighted by atomic mass is 10.1. The quantitative estimate of drug-likeness (QED) is 0.484. The van der Waals surface area contributed by atoms with E-state index in [1.807, 2.05) is 12.1 Å². The summed E-state index contributed by atoms with van der Waals surface area (Å²) < 4.78 is 40.1. The van der Waals surface area contributed by atoms with E-state index in [0.717, 1.165) is 31.5 Å². The Morgan fingerprint density at radius 2 is 1.68 bits per heavy atom. The van der Waals surface area contributed by atoms with Crippen LogP contribution in [0.5, 0.6) is 5.75 Å². The number of carbonyl (C=O) groups excluding carboxylic acids is 1. The van der Waals surface area contributed by atoms with E-state index in [-0.39, 0.29) is 25.2 Å². The molecule has 2 heterocycles. The van der Waals surface area contributed by atoms with Gasteiger partial charge in [0, 0.05) is 37.9 Å². The Balaban J connectivity index is 1.34. The number of amides is 1. The topological polar surface area (TPSA) is 88.2 Å². The van der Waals surface area contributed by atoms with E-state index in [9.17, 15) is 13.2 Å². The van der Waals surface area contributed by atoms with Crippen LogP contribution in [0.2, 0.25) is 0 Å². The van der Waals surface area contributed by atoms with Crippen LogP contribution in [0.1, 0.15) is 55.2 Å². The van der Waals surface area contributed by atoms with Crippen molar-refractivity contribution in [2.24, 2.45) is 0 Å². The SMILES string of the molecule is COc1cc(C)c(S(=O)(=O)N2CCCCC2COCC(=O)NCc2ccccc2N2CCCCC2)c(C)c1. The van der Waals surface area contributed by atoms with Crippen LogP contribution in [0.15, 0.2) is 41.3 Å². The van der Waals surface area contributed by atoms with E-state index in [1.165, 1.54) is 24.9 Å². The number of hydrogen-bond donors (Lipinski definition) is 1. The van der Waals surface area contributed by atoms with E-state index in [2.05, 4.69) is 22.3 Å². The highest BCUT2D eigenvalue weighted by molar-refractivity contribution is 7.89. The maximum atomic E-state index is 13.7. The number of benzene rings is 2. The lowest BCUT2D eigenvalue weighted by Gasteiger charge is -2.35. The molecule has 2 aliphatic heterocycles. The highest BCUT2D eigenvalue weighted by Crippen LogP contribution is 2.32. The fourth-order valence-corrected chi connectivity index (χ4v) is 7.74. The molecule has 2 aliphatic rings. The molecule has 1 N–H and O–H groups in total. The molecule has 2 saturated heterocycles. The van der Waals surface area contributed by atoms with Gasteiger partial charge in [0.1, 0.15) is 12.4 Å². The van der Waals surface area contributed by atoms with E-state index in [1.54, 1.807) is 37.4 Å². The van der Waals surface area contributed by atoms with Crippen molar-refractivity contribution in [1.29, 1.82) is 0 Å². The van der Waals surface area contributed by atoms with Crippen molar-refractivity contribution in [2.75, 3.05) is 44.9 Å². The van der Waals surface area contributed by atoms with Gasteiger partial charge in [0.25, 0.3) is 0 Å². The molecule has 1 amide bonds. The van der Waals surface area contributed by atoms with Gasteiger partial charge in [0.2, 0.25) is 15.9 Å². The number of para-hydroxylation sites is 1. The summed E-state index contributed by atoms with van der Waals surface area (Å²) in [6, 6.07) is 11.4. The van der Waals surface area contributed by atoms with Crippen molar-refractivity contribution >= 4 is 21.6 Å². The molecule has 8 nitrogen and oxygen atoms in total. The van der Waals surface area contributed by atoms with Crippen LogP contribution in [0.3, 0.4) is 0 Å². The van der Waals surface area contributed by atoms with Gasteiger partial charge in [0.15, 0.2) is 0 Å². The number of aryl methyl sites for hydroxylation is 2. The van der Waals surface area contributed by atoms with E-state index in [4.69, 9.17) is 9.47 Å². The number of nitrogens with one attached hydrogen (secondary N) is 1. The zero-order valence-corrected chi connectivity index (χ0v) is 23.7. The summed E-state index contributed by atoms with van der Waals surface area (Å²) in [6.45, 7) is 6.66. The third-order valence-electron chi connectivity index (χ3n) is 7.52. The summed E-state index contributed by atoms with van der Waals surface area (Å²) in [4.78, 5) is 15.3. The zero-order chi connectivity index (χ0) is 27.1. The summed E-state index contributed by atoms with van der Waals surface area (Å²) in [6.07, 6.45) is 6.10. The van der Waals surface area contributed by atoms with E-state index < -0.39 is 10.0 Å². The summed E-state index contributed by atoms with van der Waals surface area (Å²) in [5.74, 6) is 0.438. The fraction of sp³-hybridized carbons (Fsp3) is 0.552. The van der Waals surface area contributed by atoms with Gasteiger partial charge in [-0.15, -0.1) is 0 Å². The number of anilines is 1. The van der Waals surface area contributed by atoms with Gasteiger partial charge < -0.3 is 19.7 Å². The first kappa shape index (κ1) is 28.4. The van der Waals surface area contributed by atoms with Gasteiger partial charge in [0.05, 0.1) is 18.6 Å². The highest BCUT2D eigenvalue weighted by Gasteiger charge is 2.35. The number of nitrogens with zero attached hydrogens (tertiary/aromatic N) is 2. The number of piperidine rings is 2. The van der Waals surface area contributed by atoms with Gasteiger partial charge in [-0.3, -0.25) is 4.79 Å². The molecule has 2 aromatic rings. The Hall–Kier alpha value is -2.62. The Morgan fingerprint density at radius 3 is 2.39 bits per heavy atom. The number of sulfonamides is 1. The second-order valence-corrected chi connectivity index (χ2v) is 12.2. The lowest BCUT2D eigenvalue weighted by molar-refractivity contribution is -0.126. The number of rotatable bonds is 10. The molecule has 1 atom stereocenters. The molecular formula is C29H41N3O5S. The van der Waals surface area contributed by atoms with Gasteiger partial charge >= 0.3 is 0 Å². The van der Waals surface area contributed by atoms with Crippen LogP contribution >= 0.6 is 0 Å². The summed E-state index contributed by atoms with van der Waals surface area (Å²) >= 11 is 0. The molecule has 1 unspecified atom stereocenters. The molecule has 2 fully saturated rings. The average Bonchev–Trinajstić information content (AvgIpc) is 2.92. The van der Waals surface area contributed by atoms with Crippen LogP contribution in [-0.4, -0.2) is 64.6 Å². The van der Waals surface area contributed by atoms with Gasteiger partial charge in [-0.05, 0) is 80.8 Å². The number of carbonyl (C=O) groups is 1. The van der Waals surface area contributed by atoms with Crippen LogP contribution < -0.4 is 15.0 Å². The summed E-state index contributed by atoms with van der Waals surface area (Å²) in [7, 11) is -2.14. The summed E-state index contributed by atoms with van der Waals surface area (Å²) in [5.41, 5.74) is 3.60. The molecule has 0 aliphatic carbocycles. The average molecular weight is 544 g/mol. The van der Waals surface area contributed by atoms with Gasteiger partial charge in [-0.2, -0.15) is 4.31 Å². The minimum absolute atomic E-state index is 0.100. The van der Waals surface area contributed by atoms with Crippen molar-refractivity contribution in [3.63, 3.8) is 0 Å². The Morgan fingerprint density at radius 1 is 1.00 bits per heavy atom. The van der Waals surface area contributed by atoms with Crippen molar-refractivity contribution < 1.29 is 22.7 Å². The minimum Gasteiger partial charge on any atom is -0.497 e. The van der Waals surface area contributed by atoms with Crippen LogP contribution in [0.4, 0.5) is 5.69 Å². The van der Waals surface area contributed by atoms with Crippen molar-refractivity contribution in [3.05, 3.63) is 53.1 Å². The third kappa shape index (κ3) is 6.68. The number of hydrogen-bond acceptors (Lipinski definition) is 6. The molecular weight excluding hydrogens is 502 g/mol. The minimum atomic E-state index is -3.72. The predicted molar refractivity (Wildman–Crippen MR) is 149 cm³/mol. The molecule has 208 valence electrons. The van der Waals surface area contributed by atoms with E-state index >= 15 is 0 Å². The van der Waals surface area contributed by atoms with Crippen molar-refractivity contribution in [2.45, 2.75) is 69.9 Å². The van der Waals surface area contributed by atoms with Gasteiger partial charge in [-0.1, -0.05) is 24.6 Å². The first-order chi connectivity index (χ1) is 18.3.